The lowest BCUT2D eigenvalue weighted by Crippen LogP contribution is -2.21. The van der Waals surface area contributed by atoms with Gasteiger partial charge in [-0.15, -0.1) is 0 Å². The molecule has 1 unspecified atom stereocenters. The summed E-state index contributed by atoms with van der Waals surface area (Å²) in [7, 11) is 0. The molecule has 4 nitrogen and oxygen atoms in total. The number of pyridine rings is 1. The van der Waals surface area contributed by atoms with Crippen LogP contribution in [0.2, 0.25) is 0 Å². The first-order valence-corrected chi connectivity index (χ1v) is 6.57. The first-order chi connectivity index (χ1) is 9.20. The van der Waals surface area contributed by atoms with Crippen molar-refractivity contribution in [2.75, 3.05) is 6.54 Å². The molecule has 2 rings (SSSR count). The van der Waals surface area contributed by atoms with Crippen molar-refractivity contribution in [2.45, 2.75) is 32.9 Å². The van der Waals surface area contributed by atoms with Gasteiger partial charge >= 0.3 is 0 Å². The van der Waals surface area contributed by atoms with Crippen molar-refractivity contribution in [1.29, 1.82) is 0 Å². The largest absolute Gasteiger partial charge is 0.489 e. The molecule has 0 spiro atoms. The van der Waals surface area contributed by atoms with Crippen LogP contribution >= 0.6 is 0 Å². The second-order valence-electron chi connectivity index (χ2n) is 4.67. The zero-order valence-electron chi connectivity index (χ0n) is 11.6. The van der Waals surface area contributed by atoms with Crippen molar-refractivity contribution >= 4 is 0 Å². The molecule has 0 fully saturated rings. The van der Waals surface area contributed by atoms with Crippen molar-refractivity contribution in [3.63, 3.8) is 0 Å². The Morgan fingerprint density at radius 1 is 1.32 bits per heavy atom. The highest BCUT2D eigenvalue weighted by Gasteiger charge is 2.15. The maximum Gasteiger partial charge on any atom is 0.138 e. The molecule has 102 valence electrons. The summed E-state index contributed by atoms with van der Waals surface area (Å²) in [4.78, 5) is 4.26. The second kappa shape index (κ2) is 6.38. The van der Waals surface area contributed by atoms with Crippen LogP contribution in [0.15, 0.2) is 41.5 Å². The summed E-state index contributed by atoms with van der Waals surface area (Å²) >= 11 is 0. The fourth-order valence-corrected chi connectivity index (χ4v) is 2.00. The summed E-state index contributed by atoms with van der Waals surface area (Å²) in [5, 5.41) is 3.43. The highest BCUT2D eigenvalue weighted by molar-refractivity contribution is 5.32. The van der Waals surface area contributed by atoms with Crippen LogP contribution in [0.4, 0.5) is 0 Å². The molecule has 0 saturated heterocycles. The molecule has 1 atom stereocenters. The van der Waals surface area contributed by atoms with E-state index in [0.29, 0.717) is 0 Å². The normalized spacial score (nSPS) is 12.6. The fraction of sp³-hybridized carbons (Fsp3) is 0.400. The predicted molar refractivity (Wildman–Crippen MR) is 74.2 cm³/mol. The number of nitrogens with one attached hydrogen (secondary N) is 1. The van der Waals surface area contributed by atoms with Gasteiger partial charge in [0.05, 0.1) is 30.9 Å². The summed E-state index contributed by atoms with van der Waals surface area (Å²) < 4.78 is 10.9. The van der Waals surface area contributed by atoms with Gasteiger partial charge in [0.2, 0.25) is 0 Å². The molecular formula is C15H20N2O2. The minimum absolute atomic E-state index is 0.0759. The van der Waals surface area contributed by atoms with Crippen LogP contribution in [-0.2, 0) is 0 Å². The number of aromatic nitrogens is 1. The van der Waals surface area contributed by atoms with E-state index in [9.17, 15) is 0 Å². The summed E-state index contributed by atoms with van der Waals surface area (Å²) in [6.45, 7) is 6.95. The average Bonchev–Trinajstić information content (AvgIpc) is 2.89. The summed E-state index contributed by atoms with van der Waals surface area (Å²) in [6.07, 6.45) is 7.17. The fourth-order valence-electron chi connectivity index (χ4n) is 2.00. The van der Waals surface area contributed by atoms with E-state index >= 15 is 0 Å². The standard InChI is InChI=1S/C15H20N2O2/c1-4-17-15(12-5-6-18-10-12)13-7-14(9-16-8-13)19-11(2)3/h5-11,15,17H,4H2,1-3H3. The summed E-state index contributed by atoms with van der Waals surface area (Å²) in [5.41, 5.74) is 2.16. The Bertz CT molecular complexity index is 495. The molecule has 2 heterocycles. The molecule has 0 aliphatic rings. The van der Waals surface area contributed by atoms with E-state index in [2.05, 4.69) is 17.2 Å². The first-order valence-electron chi connectivity index (χ1n) is 6.57. The van der Waals surface area contributed by atoms with Crippen LogP contribution < -0.4 is 10.1 Å². The summed E-state index contributed by atoms with van der Waals surface area (Å²) in [5.74, 6) is 0.791. The molecule has 0 aromatic carbocycles. The van der Waals surface area contributed by atoms with Crippen molar-refractivity contribution in [3.05, 3.63) is 48.2 Å². The lowest BCUT2D eigenvalue weighted by atomic mass is 10.0. The molecule has 0 amide bonds. The van der Waals surface area contributed by atoms with Gasteiger partial charge in [-0.3, -0.25) is 4.98 Å². The SMILES string of the molecule is CCNC(c1ccoc1)c1cncc(OC(C)C)c1. The second-order valence-corrected chi connectivity index (χ2v) is 4.67. The van der Waals surface area contributed by atoms with Crippen LogP contribution in [0.1, 0.15) is 37.9 Å². The Hall–Kier alpha value is -1.81. The lowest BCUT2D eigenvalue weighted by Gasteiger charge is -2.18. The van der Waals surface area contributed by atoms with Gasteiger partial charge in [0.25, 0.3) is 0 Å². The molecule has 4 heteroatoms. The molecule has 0 bridgehead atoms. The van der Waals surface area contributed by atoms with E-state index in [4.69, 9.17) is 9.15 Å². The smallest absolute Gasteiger partial charge is 0.138 e. The Morgan fingerprint density at radius 3 is 2.79 bits per heavy atom. The highest BCUT2D eigenvalue weighted by atomic mass is 16.5. The van der Waals surface area contributed by atoms with Gasteiger partial charge in [-0.2, -0.15) is 0 Å². The highest BCUT2D eigenvalue weighted by Crippen LogP contribution is 2.25. The molecule has 0 radical (unpaired) electrons. The molecule has 0 aliphatic heterocycles. The van der Waals surface area contributed by atoms with E-state index in [1.165, 1.54) is 0 Å². The Labute approximate surface area is 113 Å². The molecule has 0 saturated carbocycles. The summed E-state index contributed by atoms with van der Waals surface area (Å²) in [6, 6.07) is 4.06. The molecule has 0 aliphatic carbocycles. The minimum Gasteiger partial charge on any atom is -0.489 e. The zero-order chi connectivity index (χ0) is 13.7. The van der Waals surface area contributed by atoms with Gasteiger partial charge in [0.1, 0.15) is 5.75 Å². The third kappa shape index (κ3) is 3.58. The maximum atomic E-state index is 5.69. The van der Waals surface area contributed by atoms with E-state index in [1.54, 1.807) is 18.7 Å². The van der Waals surface area contributed by atoms with Gasteiger partial charge in [-0.25, -0.2) is 0 Å². The van der Waals surface area contributed by atoms with Crippen LogP contribution in [0.25, 0.3) is 0 Å². The van der Waals surface area contributed by atoms with Crippen molar-refractivity contribution in [1.82, 2.24) is 10.3 Å². The van der Waals surface area contributed by atoms with Crippen LogP contribution in [0.3, 0.4) is 0 Å². The number of ether oxygens (including phenoxy) is 1. The van der Waals surface area contributed by atoms with E-state index in [1.807, 2.05) is 32.2 Å². The zero-order valence-corrected chi connectivity index (χ0v) is 11.6. The number of nitrogens with zero attached hydrogens (tertiary/aromatic N) is 1. The average molecular weight is 260 g/mol. The number of hydrogen-bond acceptors (Lipinski definition) is 4. The monoisotopic (exact) mass is 260 g/mol. The lowest BCUT2D eigenvalue weighted by molar-refractivity contribution is 0.241. The van der Waals surface area contributed by atoms with Crippen molar-refractivity contribution < 1.29 is 9.15 Å². The molecule has 1 N–H and O–H groups in total. The van der Waals surface area contributed by atoms with Gasteiger partial charge in [-0.05, 0) is 38.1 Å². The van der Waals surface area contributed by atoms with Gasteiger partial charge < -0.3 is 14.5 Å². The first kappa shape index (κ1) is 13.6. The van der Waals surface area contributed by atoms with Crippen molar-refractivity contribution in [3.8, 4) is 5.75 Å². The minimum atomic E-state index is 0.0759. The third-order valence-corrected chi connectivity index (χ3v) is 2.72. The number of furan rings is 1. The van der Waals surface area contributed by atoms with Gasteiger partial charge in [0.15, 0.2) is 0 Å². The Kier molecular flexibility index (Phi) is 4.58. The van der Waals surface area contributed by atoms with E-state index < -0.39 is 0 Å². The van der Waals surface area contributed by atoms with Crippen LogP contribution in [0, 0.1) is 0 Å². The molecule has 2 aromatic heterocycles. The number of hydrogen-bond donors (Lipinski definition) is 1. The third-order valence-electron chi connectivity index (χ3n) is 2.72. The quantitative estimate of drug-likeness (QED) is 0.866. The van der Waals surface area contributed by atoms with E-state index in [0.717, 1.165) is 23.4 Å². The van der Waals surface area contributed by atoms with Gasteiger partial charge in [0, 0.05) is 11.8 Å². The molecule has 2 aromatic rings. The van der Waals surface area contributed by atoms with Crippen LogP contribution in [0.5, 0.6) is 5.75 Å². The maximum absolute atomic E-state index is 5.69. The topological polar surface area (TPSA) is 47.3 Å². The Balaban J connectivity index is 2.26. The van der Waals surface area contributed by atoms with Crippen molar-refractivity contribution in [2.24, 2.45) is 0 Å². The van der Waals surface area contributed by atoms with Crippen LogP contribution in [-0.4, -0.2) is 17.6 Å². The van der Waals surface area contributed by atoms with E-state index in [-0.39, 0.29) is 12.1 Å². The van der Waals surface area contributed by atoms with Gasteiger partial charge in [-0.1, -0.05) is 6.92 Å². The Morgan fingerprint density at radius 2 is 2.16 bits per heavy atom. The molecular weight excluding hydrogens is 240 g/mol. The molecule has 19 heavy (non-hydrogen) atoms. The number of rotatable bonds is 6. The predicted octanol–water partition coefficient (Wildman–Crippen LogP) is 3.16.